The van der Waals surface area contributed by atoms with Gasteiger partial charge in [0.1, 0.15) is 12.2 Å². The number of carboxylic acids is 1. The number of nitrogens with one attached hydrogen (secondary N) is 1. The molecule has 2 N–H and O–H groups in total. The number of carboxylic acid groups (broad SMARTS) is 1. The molecule has 7 nitrogen and oxygen atoms in total. The highest BCUT2D eigenvalue weighted by molar-refractivity contribution is 5.95. The van der Waals surface area contributed by atoms with Crippen molar-refractivity contribution in [3.05, 3.63) is 41.7 Å². The van der Waals surface area contributed by atoms with Crippen LogP contribution < -0.4 is 5.32 Å². The number of amides is 1. The van der Waals surface area contributed by atoms with Crippen molar-refractivity contribution < 1.29 is 23.6 Å². The van der Waals surface area contributed by atoms with Crippen LogP contribution in [-0.2, 0) is 17.8 Å². The fourth-order valence-corrected chi connectivity index (χ4v) is 1.41. The number of hydrogen-bond acceptors (Lipinski definition) is 5. The van der Waals surface area contributed by atoms with Crippen LogP contribution in [0.2, 0.25) is 0 Å². The molecule has 94 valence electrons. The van der Waals surface area contributed by atoms with E-state index in [9.17, 15) is 9.59 Å². The van der Waals surface area contributed by atoms with E-state index in [2.05, 4.69) is 10.5 Å². The third-order valence-electron chi connectivity index (χ3n) is 2.22. The first-order chi connectivity index (χ1) is 8.66. The number of hydrogen-bond donors (Lipinski definition) is 2. The Bertz CT molecular complexity index is 544. The maximum Gasteiger partial charge on any atom is 0.311 e. The highest BCUT2D eigenvalue weighted by Gasteiger charge is 2.16. The van der Waals surface area contributed by atoms with Crippen LogP contribution in [0.3, 0.4) is 0 Å². The van der Waals surface area contributed by atoms with Gasteiger partial charge < -0.3 is 19.4 Å². The van der Waals surface area contributed by atoms with E-state index in [-0.39, 0.29) is 24.3 Å². The topological polar surface area (TPSA) is 106 Å². The van der Waals surface area contributed by atoms with E-state index >= 15 is 0 Å². The third-order valence-corrected chi connectivity index (χ3v) is 2.22. The average Bonchev–Trinajstić information content (AvgIpc) is 2.95. The van der Waals surface area contributed by atoms with Gasteiger partial charge in [-0.3, -0.25) is 9.59 Å². The van der Waals surface area contributed by atoms with E-state index in [1.54, 1.807) is 6.07 Å². The number of rotatable bonds is 5. The zero-order valence-corrected chi connectivity index (χ0v) is 9.25. The zero-order valence-electron chi connectivity index (χ0n) is 9.25. The lowest BCUT2D eigenvalue weighted by Crippen LogP contribution is -2.23. The van der Waals surface area contributed by atoms with E-state index in [0.717, 1.165) is 0 Å². The number of furan rings is 1. The molecule has 7 heteroatoms. The lowest BCUT2D eigenvalue weighted by atomic mass is 10.2. The Kier molecular flexibility index (Phi) is 3.42. The molecule has 2 aromatic heterocycles. The van der Waals surface area contributed by atoms with Gasteiger partial charge in [0.25, 0.3) is 5.91 Å². The summed E-state index contributed by atoms with van der Waals surface area (Å²) in [4.78, 5) is 22.3. The van der Waals surface area contributed by atoms with Gasteiger partial charge in [0, 0.05) is 6.07 Å². The quantitative estimate of drug-likeness (QED) is 0.813. The molecule has 0 bridgehead atoms. The maximum absolute atomic E-state index is 11.8. The summed E-state index contributed by atoms with van der Waals surface area (Å²) >= 11 is 0. The third kappa shape index (κ3) is 2.76. The molecule has 0 aliphatic carbocycles. The monoisotopic (exact) mass is 250 g/mol. The molecule has 2 heterocycles. The summed E-state index contributed by atoms with van der Waals surface area (Å²) in [5.41, 5.74) is 0.205. The van der Waals surface area contributed by atoms with Crippen LogP contribution in [0.5, 0.6) is 0 Å². The zero-order chi connectivity index (χ0) is 13.0. The molecule has 0 aromatic carbocycles. The summed E-state index contributed by atoms with van der Waals surface area (Å²) in [5, 5.41) is 14.7. The standard InChI is InChI=1S/C11H10N2O5/c14-10(15)5-9-8(2-4-17-9)11(16)12-6-7-1-3-13-18-7/h1-4H,5-6H2,(H,12,16)(H,14,15). The Morgan fingerprint density at radius 1 is 1.39 bits per heavy atom. The van der Waals surface area contributed by atoms with E-state index in [4.69, 9.17) is 14.0 Å². The van der Waals surface area contributed by atoms with Gasteiger partial charge in [0.15, 0.2) is 5.76 Å². The fraction of sp³-hybridized carbons (Fsp3) is 0.182. The van der Waals surface area contributed by atoms with Crippen LogP contribution in [0, 0.1) is 0 Å². The molecule has 0 radical (unpaired) electrons. The Hall–Kier alpha value is -2.57. The minimum absolute atomic E-state index is 0.123. The number of aliphatic carboxylic acids is 1. The van der Waals surface area contributed by atoms with Gasteiger partial charge in [-0.25, -0.2) is 0 Å². The maximum atomic E-state index is 11.8. The Morgan fingerprint density at radius 3 is 2.89 bits per heavy atom. The van der Waals surface area contributed by atoms with Gasteiger partial charge in [-0.15, -0.1) is 0 Å². The average molecular weight is 250 g/mol. The summed E-state index contributed by atoms with van der Waals surface area (Å²) in [6.45, 7) is 0.177. The van der Waals surface area contributed by atoms with Gasteiger partial charge in [0.2, 0.25) is 0 Å². The molecule has 0 aliphatic heterocycles. The predicted molar refractivity (Wildman–Crippen MR) is 57.7 cm³/mol. The molecular weight excluding hydrogens is 240 g/mol. The highest BCUT2D eigenvalue weighted by atomic mass is 16.5. The number of aromatic nitrogens is 1. The van der Waals surface area contributed by atoms with Crippen LogP contribution in [0.1, 0.15) is 21.9 Å². The van der Waals surface area contributed by atoms with Crippen molar-refractivity contribution in [3.63, 3.8) is 0 Å². The second-order valence-corrected chi connectivity index (χ2v) is 3.49. The summed E-state index contributed by atoms with van der Waals surface area (Å²) < 4.78 is 9.77. The lowest BCUT2D eigenvalue weighted by molar-refractivity contribution is -0.136. The lowest BCUT2D eigenvalue weighted by Gasteiger charge is -2.02. The van der Waals surface area contributed by atoms with Crippen molar-refractivity contribution in [3.8, 4) is 0 Å². The minimum atomic E-state index is -1.06. The Labute approximate surface area is 101 Å². The summed E-state index contributed by atoms with van der Waals surface area (Å²) in [5.74, 6) is -0.852. The van der Waals surface area contributed by atoms with Crippen LogP contribution >= 0.6 is 0 Å². The van der Waals surface area contributed by atoms with Crippen molar-refractivity contribution in [2.45, 2.75) is 13.0 Å². The molecule has 0 saturated carbocycles. The van der Waals surface area contributed by atoms with Crippen molar-refractivity contribution in [2.24, 2.45) is 0 Å². The van der Waals surface area contributed by atoms with E-state index < -0.39 is 11.9 Å². The van der Waals surface area contributed by atoms with Gasteiger partial charge in [-0.05, 0) is 6.07 Å². The molecule has 18 heavy (non-hydrogen) atoms. The van der Waals surface area contributed by atoms with Crippen LogP contribution in [-0.4, -0.2) is 22.1 Å². The molecule has 2 aromatic rings. The first kappa shape index (κ1) is 11.9. The number of carbonyl (C=O) groups is 2. The molecule has 0 spiro atoms. The summed E-state index contributed by atoms with van der Waals surface area (Å²) in [7, 11) is 0. The smallest absolute Gasteiger partial charge is 0.311 e. The van der Waals surface area contributed by atoms with Gasteiger partial charge in [-0.1, -0.05) is 5.16 Å². The highest BCUT2D eigenvalue weighted by Crippen LogP contribution is 2.11. The molecule has 0 saturated heterocycles. The fourth-order valence-electron chi connectivity index (χ4n) is 1.41. The van der Waals surface area contributed by atoms with Crippen LogP contribution in [0.15, 0.2) is 33.5 Å². The number of carbonyl (C=O) groups excluding carboxylic acids is 1. The van der Waals surface area contributed by atoms with Crippen molar-refractivity contribution in [1.82, 2.24) is 10.5 Å². The number of nitrogens with zero attached hydrogens (tertiary/aromatic N) is 1. The molecular formula is C11H10N2O5. The van der Waals surface area contributed by atoms with Crippen molar-refractivity contribution in [1.29, 1.82) is 0 Å². The Morgan fingerprint density at radius 2 is 2.22 bits per heavy atom. The van der Waals surface area contributed by atoms with Gasteiger partial charge >= 0.3 is 5.97 Å². The molecule has 0 unspecified atom stereocenters. The molecule has 2 rings (SSSR count). The summed E-state index contributed by atoms with van der Waals surface area (Å²) in [6, 6.07) is 3.04. The Balaban J connectivity index is 2.00. The first-order valence-corrected chi connectivity index (χ1v) is 5.12. The van der Waals surface area contributed by atoms with E-state index in [0.29, 0.717) is 5.76 Å². The normalized spacial score (nSPS) is 10.2. The molecule has 1 amide bonds. The largest absolute Gasteiger partial charge is 0.481 e. The second-order valence-electron chi connectivity index (χ2n) is 3.49. The minimum Gasteiger partial charge on any atom is -0.481 e. The van der Waals surface area contributed by atoms with Crippen molar-refractivity contribution >= 4 is 11.9 Å². The van der Waals surface area contributed by atoms with Gasteiger partial charge in [0.05, 0.1) is 24.6 Å². The van der Waals surface area contributed by atoms with Crippen LogP contribution in [0.4, 0.5) is 0 Å². The van der Waals surface area contributed by atoms with Crippen molar-refractivity contribution in [2.75, 3.05) is 0 Å². The van der Waals surface area contributed by atoms with Crippen LogP contribution in [0.25, 0.3) is 0 Å². The SMILES string of the molecule is O=C(O)Cc1occc1C(=O)NCc1ccno1. The van der Waals surface area contributed by atoms with E-state index in [1.807, 2.05) is 0 Å². The predicted octanol–water partition coefficient (Wildman–Crippen LogP) is 0.825. The van der Waals surface area contributed by atoms with E-state index in [1.165, 1.54) is 18.5 Å². The van der Waals surface area contributed by atoms with Gasteiger partial charge in [-0.2, -0.15) is 0 Å². The second kappa shape index (κ2) is 5.17. The molecule has 0 aliphatic rings. The summed E-state index contributed by atoms with van der Waals surface area (Å²) in [6.07, 6.45) is 2.41. The molecule has 0 fully saturated rings. The first-order valence-electron chi connectivity index (χ1n) is 5.12. The molecule has 0 atom stereocenters.